The van der Waals surface area contributed by atoms with Gasteiger partial charge >= 0.3 is 0 Å². The normalized spacial score (nSPS) is 29.1. The molecule has 80 valence electrons. The Morgan fingerprint density at radius 2 is 2.14 bits per heavy atom. The molecule has 0 saturated carbocycles. The van der Waals surface area contributed by atoms with Gasteiger partial charge in [-0.25, -0.2) is 0 Å². The second kappa shape index (κ2) is 4.44. The Morgan fingerprint density at radius 1 is 1.43 bits per heavy atom. The van der Waals surface area contributed by atoms with Crippen LogP contribution in [0.15, 0.2) is 4.99 Å². The molecule has 0 spiro atoms. The molecule has 0 aromatic heterocycles. The Hall–Kier alpha value is -1.06. The van der Waals surface area contributed by atoms with Gasteiger partial charge in [0.1, 0.15) is 5.54 Å². The monoisotopic (exact) mass is 197 g/mol. The summed E-state index contributed by atoms with van der Waals surface area (Å²) in [4.78, 5) is 15.5. The Morgan fingerprint density at radius 3 is 2.64 bits per heavy atom. The highest BCUT2D eigenvalue weighted by Gasteiger charge is 2.39. The molecular weight excluding hydrogens is 178 g/mol. The summed E-state index contributed by atoms with van der Waals surface area (Å²) in [5, 5.41) is 5.84. The van der Waals surface area contributed by atoms with E-state index in [-0.39, 0.29) is 5.91 Å². The van der Waals surface area contributed by atoms with Crippen molar-refractivity contribution in [2.75, 3.05) is 7.05 Å². The van der Waals surface area contributed by atoms with E-state index >= 15 is 0 Å². The molecule has 0 bridgehead atoms. The summed E-state index contributed by atoms with van der Waals surface area (Å²) >= 11 is 0. The van der Waals surface area contributed by atoms with Crippen molar-refractivity contribution in [1.82, 2.24) is 10.6 Å². The lowest BCUT2D eigenvalue weighted by Gasteiger charge is -2.20. The number of guanidine groups is 1. The van der Waals surface area contributed by atoms with Crippen LogP contribution in [-0.4, -0.2) is 24.5 Å². The molecule has 1 amide bonds. The maximum atomic E-state index is 11.6. The lowest BCUT2D eigenvalue weighted by molar-refractivity contribution is -0.123. The van der Waals surface area contributed by atoms with E-state index in [0.717, 1.165) is 12.8 Å². The van der Waals surface area contributed by atoms with Gasteiger partial charge in [-0.1, -0.05) is 26.2 Å². The van der Waals surface area contributed by atoms with Gasteiger partial charge in [-0.2, -0.15) is 0 Å². The van der Waals surface area contributed by atoms with Crippen LogP contribution in [0.2, 0.25) is 0 Å². The molecule has 1 rings (SSSR count). The number of nitrogens with one attached hydrogen (secondary N) is 2. The average Bonchev–Trinajstić information content (AvgIpc) is 2.44. The van der Waals surface area contributed by atoms with Gasteiger partial charge < -0.3 is 5.32 Å². The number of aliphatic imine (C=N–C) groups is 1. The van der Waals surface area contributed by atoms with Gasteiger partial charge in [-0.15, -0.1) is 0 Å². The molecule has 1 heterocycles. The van der Waals surface area contributed by atoms with Gasteiger partial charge in [-0.3, -0.25) is 15.1 Å². The van der Waals surface area contributed by atoms with Crippen molar-refractivity contribution < 1.29 is 4.79 Å². The number of carbonyl (C=O) groups excluding carboxylic acids is 1. The molecule has 1 unspecified atom stereocenters. The minimum absolute atomic E-state index is 0.0363. The van der Waals surface area contributed by atoms with Crippen molar-refractivity contribution in [3.63, 3.8) is 0 Å². The fourth-order valence-electron chi connectivity index (χ4n) is 1.61. The molecule has 1 saturated heterocycles. The Labute approximate surface area is 85.2 Å². The highest BCUT2D eigenvalue weighted by atomic mass is 16.2. The molecule has 1 aliphatic heterocycles. The molecule has 1 fully saturated rings. The first kappa shape index (κ1) is 11.0. The molecule has 4 nitrogen and oxygen atoms in total. The SMILES string of the molecule is CCCCCC1(C)NC(=NC)NC1=O. The van der Waals surface area contributed by atoms with E-state index in [1.54, 1.807) is 7.05 Å². The Balaban J connectivity index is 2.52. The number of hydrogen-bond acceptors (Lipinski definition) is 2. The lowest BCUT2D eigenvalue weighted by atomic mass is 9.95. The van der Waals surface area contributed by atoms with E-state index in [1.165, 1.54) is 12.8 Å². The maximum Gasteiger partial charge on any atom is 0.252 e. The minimum atomic E-state index is -0.454. The topological polar surface area (TPSA) is 53.5 Å². The minimum Gasteiger partial charge on any atom is -0.342 e. The van der Waals surface area contributed by atoms with Crippen LogP contribution in [0.3, 0.4) is 0 Å². The summed E-state index contributed by atoms with van der Waals surface area (Å²) in [7, 11) is 1.67. The Kier molecular flexibility index (Phi) is 3.49. The smallest absolute Gasteiger partial charge is 0.252 e. The molecule has 4 heteroatoms. The first-order valence-electron chi connectivity index (χ1n) is 5.19. The predicted molar refractivity (Wildman–Crippen MR) is 57.2 cm³/mol. The fraction of sp³-hybridized carbons (Fsp3) is 0.800. The van der Waals surface area contributed by atoms with E-state index in [2.05, 4.69) is 22.5 Å². The number of hydrogen-bond donors (Lipinski definition) is 2. The third kappa shape index (κ3) is 2.25. The molecule has 1 aliphatic rings. The summed E-state index contributed by atoms with van der Waals surface area (Å²) in [6.45, 7) is 4.08. The molecule has 0 aromatic carbocycles. The second-order valence-corrected chi connectivity index (χ2v) is 3.94. The van der Waals surface area contributed by atoms with Crippen LogP contribution in [0.1, 0.15) is 39.5 Å². The fourth-order valence-corrected chi connectivity index (χ4v) is 1.61. The van der Waals surface area contributed by atoms with E-state index in [1.807, 2.05) is 6.92 Å². The van der Waals surface area contributed by atoms with Crippen molar-refractivity contribution in [1.29, 1.82) is 0 Å². The third-order valence-corrected chi connectivity index (χ3v) is 2.63. The van der Waals surface area contributed by atoms with Crippen LogP contribution in [0.25, 0.3) is 0 Å². The van der Waals surface area contributed by atoms with Crippen molar-refractivity contribution in [2.24, 2.45) is 4.99 Å². The van der Waals surface area contributed by atoms with Crippen LogP contribution < -0.4 is 10.6 Å². The number of unbranched alkanes of at least 4 members (excludes halogenated alkanes) is 2. The second-order valence-electron chi connectivity index (χ2n) is 3.94. The molecule has 0 radical (unpaired) electrons. The molecule has 1 atom stereocenters. The number of carbonyl (C=O) groups is 1. The summed E-state index contributed by atoms with van der Waals surface area (Å²) in [6, 6.07) is 0. The van der Waals surface area contributed by atoms with Crippen molar-refractivity contribution in [2.45, 2.75) is 45.1 Å². The van der Waals surface area contributed by atoms with Gasteiger partial charge in [0.05, 0.1) is 0 Å². The van der Waals surface area contributed by atoms with Crippen molar-refractivity contribution in [3.05, 3.63) is 0 Å². The van der Waals surface area contributed by atoms with E-state index in [4.69, 9.17) is 0 Å². The number of amides is 1. The largest absolute Gasteiger partial charge is 0.342 e. The standard InChI is InChI=1S/C10H19N3O/c1-4-5-6-7-10(2)8(14)12-9(11-3)13-10/h4-7H2,1-3H3,(H2,11,12,13,14). The van der Waals surface area contributed by atoms with Crippen LogP contribution in [-0.2, 0) is 4.79 Å². The summed E-state index contributed by atoms with van der Waals surface area (Å²) in [5.41, 5.74) is -0.454. The molecule has 0 aromatic rings. The van der Waals surface area contributed by atoms with Gasteiger partial charge in [-0.05, 0) is 13.3 Å². The number of rotatable bonds is 4. The number of nitrogens with zero attached hydrogens (tertiary/aromatic N) is 1. The molecule has 0 aliphatic carbocycles. The van der Waals surface area contributed by atoms with Crippen LogP contribution >= 0.6 is 0 Å². The molecular formula is C10H19N3O. The highest BCUT2D eigenvalue weighted by Crippen LogP contribution is 2.18. The molecule has 2 N–H and O–H groups in total. The third-order valence-electron chi connectivity index (χ3n) is 2.63. The van der Waals surface area contributed by atoms with Crippen molar-refractivity contribution >= 4 is 11.9 Å². The van der Waals surface area contributed by atoms with E-state index in [0.29, 0.717) is 5.96 Å². The first-order valence-corrected chi connectivity index (χ1v) is 5.19. The summed E-state index contributed by atoms with van der Waals surface area (Å²) in [6.07, 6.45) is 4.28. The first-order chi connectivity index (χ1) is 6.62. The lowest BCUT2D eigenvalue weighted by Crippen LogP contribution is -2.43. The Bertz CT molecular complexity index is 250. The van der Waals surface area contributed by atoms with Gasteiger partial charge in [0, 0.05) is 7.05 Å². The summed E-state index contributed by atoms with van der Waals surface area (Å²) < 4.78 is 0. The zero-order valence-corrected chi connectivity index (χ0v) is 9.18. The summed E-state index contributed by atoms with van der Waals surface area (Å²) in [5.74, 6) is 0.628. The quantitative estimate of drug-likeness (QED) is 0.661. The van der Waals surface area contributed by atoms with E-state index in [9.17, 15) is 4.79 Å². The predicted octanol–water partition coefficient (Wildman–Crippen LogP) is 1.03. The average molecular weight is 197 g/mol. The highest BCUT2D eigenvalue weighted by molar-refractivity contribution is 6.08. The van der Waals surface area contributed by atoms with Gasteiger partial charge in [0.2, 0.25) is 0 Å². The van der Waals surface area contributed by atoms with Crippen LogP contribution in [0, 0.1) is 0 Å². The van der Waals surface area contributed by atoms with Crippen LogP contribution in [0.5, 0.6) is 0 Å². The van der Waals surface area contributed by atoms with E-state index < -0.39 is 5.54 Å². The zero-order chi connectivity index (χ0) is 10.6. The van der Waals surface area contributed by atoms with Gasteiger partial charge in [0.25, 0.3) is 5.91 Å². The van der Waals surface area contributed by atoms with Gasteiger partial charge in [0.15, 0.2) is 5.96 Å². The molecule has 14 heavy (non-hydrogen) atoms. The van der Waals surface area contributed by atoms with Crippen LogP contribution in [0.4, 0.5) is 0 Å². The maximum absolute atomic E-state index is 11.6. The van der Waals surface area contributed by atoms with Crippen molar-refractivity contribution in [3.8, 4) is 0 Å². The zero-order valence-electron chi connectivity index (χ0n) is 9.18.